The summed E-state index contributed by atoms with van der Waals surface area (Å²) in [6.07, 6.45) is 1.23. The zero-order valence-electron chi connectivity index (χ0n) is 24.6. The number of aryl methyl sites for hydroxylation is 1. The van der Waals surface area contributed by atoms with Crippen LogP contribution in [0.5, 0.6) is 5.75 Å². The number of carbonyl (C=O) groups excluding carboxylic acids is 1. The summed E-state index contributed by atoms with van der Waals surface area (Å²) in [5, 5.41) is 3.93. The Bertz CT molecular complexity index is 1670. The van der Waals surface area contributed by atoms with Gasteiger partial charge in [-0.3, -0.25) is 19.0 Å². The van der Waals surface area contributed by atoms with Gasteiger partial charge in [-0.25, -0.2) is 9.78 Å². The van der Waals surface area contributed by atoms with E-state index in [9.17, 15) is 9.59 Å². The molecular formula is C30H35N7O4S. The molecule has 220 valence electrons. The molecular weight excluding hydrogens is 554 g/mol. The maximum absolute atomic E-state index is 13.7. The van der Waals surface area contributed by atoms with Crippen LogP contribution >= 0.6 is 11.9 Å². The number of carbonyl (C=O) groups is 1. The molecule has 1 aliphatic rings. The van der Waals surface area contributed by atoms with Crippen molar-refractivity contribution in [2.45, 2.75) is 32.1 Å². The van der Waals surface area contributed by atoms with E-state index in [4.69, 9.17) is 9.47 Å². The fourth-order valence-electron chi connectivity index (χ4n) is 4.80. The first-order valence-corrected chi connectivity index (χ1v) is 14.5. The van der Waals surface area contributed by atoms with Gasteiger partial charge in [0.2, 0.25) is 5.95 Å². The van der Waals surface area contributed by atoms with E-state index in [1.807, 2.05) is 69.1 Å². The predicted molar refractivity (Wildman–Crippen MR) is 168 cm³/mol. The number of ether oxygens (including phenoxy) is 2. The first kappa shape index (κ1) is 29.2. The van der Waals surface area contributed by atoms with Crippen LogP contribution in [0.2, 0.25) is 0 Å². The molecule has 4 aromatic rings. The number of methoxy groups -OCH3 is 1. The Kier molecular flexibility index (Phi) is 8.28. The molecule has 12 heteroatoms. The fourth-order valence-corrected chi connectivity index (χ4v) is 5.30. The molecule has 2 aromatic carbocycles. The first-order valence-electron chi connectivity index (χ1n) is 13.6. The number of aromatic nitrogens is 3. The highest BCUT2D eigenvalue weighted by atomic mass is 32.2. The molecule has 5 rings (SSSR count). The Morgan fingerprint density at radius 3 is 2.55 bits per heavy atom. The van der Waals surface area contributed by atoms with E-state index >= 15 is 0 Å². The molecule has 0 aliphatic carbocycles. The molecule has 0 radical (unpaired) electrons. The van der Waals surface area contributed by atoms with Crippen molar-refractivity contribution in [1.82, 2.24) is 19.3 Å². The minimum absolute atomic E-state index is 0.224. The molecule has 11 nitrogen and oxygen atoms in total. The van der Waals surface area contributed by atoms with Gasteiger partial charge in [-0.05, 0) is 63.7 Å². The summed E-state index contributed by atoms with van der Waals surface area (Å²) < 4.78 is 15.9. The predicted octanol–water partition coefficient (Wildman–Crippen LogP) is 5.34. The van der Waals surface area contributed by atoms with E-state index in [1.165, 1.54) is 10.1 Å². The number of anilines is 5. The van der Waals surface area contributed by atoms with Crippen molar-refractivity contribution in [1.29, 1.82) is 0 Å². The standard InChI is InChI=1S/C30H35N7O4S/c1-30(2,3)41-29(39)37-15-14-36(22-8-7-9-24(40-6)25(22)37)23-16-20-17-32-28(34-26(20)35(5)27(23)38)33-21-12-10-19(11-13-21)18-42-31-4/h7-13,16-17,31H,14-15,18H2,1-6H3,(H,32,33,34). The van der Waals surface area contributed by atoms with Crippen molar-refractivity contribution in [3.63, 3.8) is 0 Å². The Balaban J connectivity index is 1.48. The van der Waals surface area contributed by atoms with Gasteiger partial charge in [0.05, 0.1) is 12.8 Å². The van der Waals surface area contributed by atoms with E-state index < -0.39 is 11.7 Å². The number of fused-ring (bicyclic) bond motifs is 2. The molecule has 0 saturated carbocycles. The fraction of sp³-hybridized carbons (Fsp3) is 0.333. The van der Waals surface area contributed by atoms with Crippen molar-refractivity contribution in [2.24, 2.45) is 7.05 Å². The minimum atomic E-state index is -0.659. The van der Waals surface area contributed by atoms with Gasteiger partial charge in [-0.15, -0.1) is 0 Å². The Morgan fingerprint density at radius 1 is 1.10 bits per heavy atom. The van der Waals surface area contributed by atoms with E-state index in [2.05, 4.69) is 20.0 Å². The van der Waals surface area contributed by atoms with Crippen LogP contribution in [0, 0.1) is 0 Å². The zero-order valence-corrected chi connectivity index (χ0v) is 25.4. The van der Waals surface area contributed by atoms with Crippen LogP contribution in [-0.2, 0) is 17.5 Å². The van der Waals surface area contributed by atoms with Crippen LogP contribution in [0.1, 0.15) is 26.3 Å². The molecule has 2 N–H and O–H groups in total. The molecule has 0 atom stereocenters. The highest BCUT2D eigenvalue weighted by molar-refractivity contribution is 7.96. The summed E-state index contributed by atoms with van der Waals surface area (Å²) in [5.74, 6) is 1.76. The third-order valence-corrected chi connectivity index (χ3v) is 7.50. The van der Waals surface area contributed by atoms with Crippen LogP contribution in [0.25, 0.3) is 11.0 Å². The quantitative estimate of drug-likeness (QED) is 0.274. The lowest BCUT2D eigenvalue weighted by atomic mass is 10.1. The molecule has 42 heavy (non-hydrogen) atoms. The van der Waals surface area contributed by atoms with E-state index in [-0.39, 0.29) is 5.56 Å². The second-order valence-corrected chi connectivity index (χ2v) is 11.8. The van der Waals surface area contributed by atoms with Crippen LogP contribution in [-0.4, -0.2) is 53.5 Å². The van der Waals surface area contributed by atoms with Gasteiger partial charge in [-0.1, -0.05) is 30.1 Å². The Hall–Kier alpha value is -4.29. The maximum Gasteiger partial charge on any atom is 0.415 e. The molecule has 1 aliphatic heterocycles. The molecule has 3 heterocycles. The van der Waals surface area contributed by atoms with E-state index in [0.29, 0.717) is 52.9 Å². The van der Waals surface area contributed by atoms with Crippen molar-refractivity contribution < 1.29 is 14.3 Å². The lowest BCUT2D eigenvalue weighted by Crippen LogP contribution is -2.46. The highest BCUT2D eigenvalue weighted by Crippen LogP contribution is 2.43. The zero-order chi connectivity index (χ0) is 30.0. The van der Waals surface area contributed by atoms with Crippen LogP contribution in [0.4, 0.5) is 33.5 Å². The van der Waals surface area contributed by atoms with Gasteiger partial charge in [0.15, 0.2) is 0 Å². The average Bonchev–Trinajstić information content (AvgIpc) is 2.97. The average molecular weight is 590 g/mol. The number of hydrogen-bond donors (Lipinski definition) is 2. The number of nitrogens with zero attached hydrogens (tertiary/aromatic N) is 5. The summed E-state index contributed by atoms with van der Waals surface area (Å²) in [6.45, 7) is 6.16. The number of para-hydroxylation sites is 1. The SMILES string of the molecule is CNSCc1ccc(Nc2ncc3cc(N4CCN(C(=O)OC(C)(C)C)c5c(OC)cccc54)c(=O)n(C)c3n2)cc1. The van der Waals surface area contributed by atoms with Gasteiger partial charge in [0.1, 0.15) is 28.4 Å². The van der Waals surface area contributed by atoms with Crippen molar-refractivity contribution >= 4 is 57.8 Å². The largest absolute Gasteiger partial charge is 0.494 e. The number of nitrogens with one attached hydrogen (secondary N) is 2. The number of amides is 1. The molecule has 0 fully saturated rings. The minimum Gasteiger partial charge on any atom is -0.494 e. The second kappa shape index (κ2) is 11.9. The molecule has 0 unspecified atom stereocenters. The number of benzene rings is 2. The molecule has 0 spiro atoms. The van der Waals surface area contributed by atoms with Crippen molar-refractivity contribution in [3.8, 4) is 5.75 Å². The molecule has 0 saturated heterocycles. The monoisotopic (exact) mass is 589 g/mol. The number of rotatable bonds is 7. The first-order chi connectivity index (χ1) is 20.1. The number of hydrogen-bond acceptors (Lipinski definition) is 10. The normalized spacial score (nSPS) is 13.2. The topological polar surface area (TPSA) is 114 Å². The summed E-state index contributed by atoms with van der Waals surface area (Å²) in [4.78, 5) is 39.5. The third kappa shape index (κ3) is 6.00. The van der Waals surface area contributed by atoms with Gasteiger partial charge >= 0.3 is 6.09 Å². The lowest BCUT2D eigenvalue weighted by Gasteiger charge is -2.38. The van der Waals surface area contributed by atoms with Crippen LogP contribution in [0.3, 0.4) is 0 Å². The summed E-state index contributed by atoms with van der Waals surface area (Å²) >= 11 is 1.63. The second-order valence-electron chi connectivity index (χ2n) is 10.8. The highest BCUT2D eigenvalue weighted by Gasteiger charge is 2.34. The maximum atomic E-state index is 13.7. The van der Waals surface area contributed by atoms with Gasteiger partial charge < -0.3 is 19.7 Å². The smallest absolute Gasteiger partial charge is 0.415 e. The molecule has 1 amide bonds. The van der Waals surface area contributed by atoms with Gasteiger partial charge in [0, 0.05) is 43.2 Å². The molecule has 0 bridgehead atoms. The lowest BCUT2D eigenvalue weighted by molar-refractivity contribution is 0.0579. The van der Waals surface area contributed by atoms with Crippen LogP contribution < -0.4 is 30.1 Å². The van der Waals surface area contributed by atoms with Crippen molar-refractivity contribution in [3.05, 3.63) is 70.6 Å². The third-order valence-electron chi connectivity index (χ3n) is 6.73. The van der Waals surface area contributed by atoms with E-state index in [0.717, 1.165) is 11.4 Å². The summed E-state index contributed by atoms with van der Waals surface area (Å²) in [5.41, 5.74) is 3.32. The van der Waals surface area contributed by atoms with Gasteiger partial charge in [0.25, 0.3) is 5.56 Å². The van der Waals surface area contributed by atoms with Gasteiger partial charge in [-0.2, -0.15) is 4.98 Å². The van der Waals surface area contributed by atoms with Crippen LogP contribution in [0.15, 0.2) is 59.5 Å². The summed E-state index contributed by atoms with van der Waals surface area (Å²) in [6, 6.07) is 15.3. The van der Waals surface area contributed by atoms with E-state index in [1.54, 1.807) is 49.3 Å². The van der Waals surface area contributed by atoms with Crippen molar-refractivity contribution in [2.75, 3.05) is 42.4 Å². The summed E-state index contributed by atoms with van der Waals surface area (Å²) in [7, 11) is 5.15. The molecule has 2 aromatic heterocycles. The Morgan fingerprint density at radius 2 is 1.86 bits per heavy atom. The number of pyridine rings is 1. The Labute approximate surface area is 249 Å².